The number of hydrogen-bond acceptors (Lipinski definition) is 5. The van der Waals surface area contributed by atoms with E-state index in [0.29, 0.717) is 17.5 Å². The Kier molecular flexibility index (Phi) is 6.83. The van der Waals surface area contributed by atoms with Crippen molar-refractivity contribution in [1.29, 1.82) is 0 Å². The summed E-state index contributed by atoms with van der Waals surface area (Å²) in [6.45, 7) is 0. The summed E-state index contributed by atoms with van der Waals surface area (Å²) in [6.07, 6.45) is 0. The lowest BCUT2D eigenvalue weighted by Gasteiger charge is -2.08. The third kappa shape index (κ3) is 4.94. The van der Waals surface area contributed by atoms with Crippen molar-refractivity contribution in [3.05, 3.63) is 182 Å². The molecular weight excluding hydrogens is 701 g/mol. The number of benzene rings is 8. The highest BCUT2D eigenvalue weighted by Gasteiger charge is 2.20. The summed E-state index contributed by atoms with van der Waals surface area (Å²) in [7, 11) is 0. The van der Waals surface area contributed by atoms with Gasteiger partial charge in [-0.2, -0.15) is 0 Å². The molecule has 6 nitrogen and oxygen atoms in total. The Morgan fingerprint density at radius 1 is 0.333 bits per heavy atom. The highest BCUT2D eigenvalue weighted by Crippen LogP contribution is 2.42. The molecule has 266 valence electrons. The van der Waals surface area contributed by atoms with Crippen LogP contribution in [0, 0.1) is 0 Å². The van der Waals surface area contributed by atoms with Gasteiger partial charge in [0, 0.05) is 71.9 Å². The van der Waals surface area contributed by atoms with Crippen LogP contribution in [0.3, 0.4) is 0 Å². The first kappa shape index (κ1) is 31.5. The molecule has 12 aromatic rings. The van der Waals surface area contributed by atoms with Crippen LogP contribution in [0.15, 0.2) is 191 Å². The largest absolute Gasteiger partial charge is 0.455 e. The van der Waals surface area contributed by atoms with Crippen LogP contribution in [0.25, 0.3) is 117 Å². The van der Waals surface area contributed by atoms with Gasteiger partial charge in [0.05, 0.1) is 11.0 Å². The van der Waals surface area contributed by atoms with Crippen LogP contribution in [0.1, 0.15) is 0 Å². The van der Waals surface area contributed by atoms with Crippen LogP contribution >= 0.6 is 0 Å². The Balaban J connectivity index is 0.995. The van der Waals surface area contributed by atoms with E-state index < -0.39 is 0 Å². The van der Waals surface area contributed by atoms with Gasteiger partial charge in [-0.05, 0) is 36.4 Å². The number of aromatic nitrogens is 4. The summed E-state index contributed by atoms with van der Waals surface area (Å²) in [4.78, 5) is 14.8. The molecule has 8 aromatic carbocycles. The first-order valence-electron chi connectivity index (χ1n) is 19.0. The van der Waals surface area contributed by atoms with Crippen molar-refractivity contribution >= 4 is 65.7 Å². The predicted octanol–water partition coefficient (Wildman–Crippen LogP) is 13.4. The van der Waals surface area contributed by atoms with E-state index in [-0.39, 0.29) is 0 Å². The second-order valence-electron chi connectivity index (χ2n) is 14.4. The van der Waals surface area contributed by atoms with Crippen LogP contribution in [0.4, 0.5) is 0 Å². The number of furan rings is 2. The van der Waals surface area contributed by atoms with Crippen molar-refractivity contribution in [3.8, 4) is 51.0 Å². The Morgan fingerprint density at radius 2 is 0.789 bits per heavy atom. The fourth-order valence-electron chi connectivity index (χ4n) is 8.43. The third-order valence-corrected chi connectivity index (χ3v) is 11.1. The smallest absolute Gasteiger partial charge is 0.164 e. The minimum Gasteiger partial charge on any atom is -0.455 e. The highest BCUT2D eigenvalue weighted by molar-refractivity contribution is 6.15. The molecule has 0 saturated carbocycles. The molecule has 0 unspecified atom stereocenters. The van der Waals surface area contributed by atoms with Crippen LogP contribution in [-0.4, -0.2) is 19.5 Å². The summed E-state index contributed by atoms with van der Waals surface area (Å²) in [5.74, 6) is 1.82. The number of rotatable bonds is 5. The molecule has 0 aliphatic rings. The van der Waals surface area contributed by atoms with Gasteiger partial charge in [0.25, 0.3) is 0 Å². The molecule has 12 rings (SSSR count). The van der Waals surface area contributed by atoms with E-state index in [0.717, 1.165) is 77.4 Å². The lowest BCUT2D eigenvalue weighted by atomic mass is 10.00. The molecule has 57 heavy (non-hydrogen) atoms. The maximum atomic E-state index is 6.82. The summed E-state index contributed by atoms with van der Waals surface area (Å²) >= 11 is 0. The van der Waals surface area contributed by atoms with Gasteiger partial charge in [-0.3, -0.25) is 0 Å². The van der Waals surface area contributed by atoms with Gasteiger partial charge in [-0.1, -0.05) is 140 Å². The van der Waals surface area contributed by atoms with Crippen molar-refractivity contribution in [2.75, 3.05) is 0 Å². The van der Waals surface area contributed by atoms with Gasteiger partial charge < -0.3 is 13.4 Å². The second-order valence-corrected chi connectivity index (χ2v) is 14.4. The lowest BCUT2D eigenvalue weighted by molar-refractivity contribution is 0.665. The Bertz CT molecular complexity index is 3410. The Labute approximate surface area is 325 Å². The zero-order valence-electron chi connectivity index (χ0n) is 30.4. The van der Waals surface area contributed by atoms with E-state index >= 15 is 0 Å². The maximum absolute atomic E-state index is 6.82. The van der Waals surface area contributed by atoms with Crippen molar-refractivity contribution in [2.24, 2.45) is 0 Å². The lowest BCUT2D eigenvalue weighted by Crippen LogP contribution is -2.00. The Morgan fingerprint density at radius 3 is 1.35 bits per heavy atom. The van der Waals surface area contributed by atoms with Gasteiger partial charge in [0.2, 0.25) is 0 Å². The molecule has 6 heteroatoms. The first-order valence-corrected chi connectivity index (χ1v) is 19.0. The van der Waals surface area contributed by atoms with E-state index in [9.17, 15) is 0 Å². The van der Waals surface area contributed by atoms with Gasteiger partial charge in [0.1, 0.15) is 22.3 Å². The zero-order valence-corrected chi connectivity index (χ0v) is 30.4. The van der Waals surface area contributed by atoms with Crippen LogP contribution < -0.4 is 0 Å². The third-order valence-electron chi connectivity index (χ3n) is 11.1. The van der Waals surface area contributed by atoms with E-state index in [4.69, 9.17) is 23.8 Å². The second kappa shape index (κ2) is 12.3. The van der Waals surface area contributed by atoms with Crippen LogP contribution in [0.2, 0.25) is 0 Å². The average molecular weight is 731 g/mol. The van der Waals surface area contributed by atoms with Gasteiger partial charge in [0.15, 0.2) is 17.5 Å². The van der Waals surface area contributed by atoms with E-state index in [1.165, 1.54) is 21.8 Å². The number of hydrogen-bond donors (Lipinski definition) is 0. The predicted molar refractivity (Wildman–Crippen MR) is 230 cm³/mol. The molecule has 4 aromatic heterocycles. The molecule has 0 N–H and O–H groups in total. The monoisotopic (exact) mass is 730 g/mol. The molecule has 0 radical (unpaired) electrons. The number of para-hydroxylation sites is 4. The van der Waals surface area contributed by atoms with E-state index in [1.54, 1.807) is 0 Å². The van der Waals surface area contributed by atoms with E-state index in [1.807, 2.05) is 66.7 Å². The molecule has 0 atom stereocenters. The molecule has 4 heterocycles. The van der Waals surface area contributed by atoms with Gasteiger partial charge in [-0.15, -0.1) is 0 Å². The highest BCUT2D eigenvalue weighted by atomic mass is 16.3. The topological polar surface area (TPSA) is 69.9 Å². The first-order chi connectivity index (χ1) is 28.2. The average Bonchev–Trinajstić information content (AvgIpc) is 3.96. The zero-order chi connectivity index (χ0) is 37.5. The SMILES string of the molecule is c1ccc(-c2nc(-c3ccccc3)nc(-c3ccc4c(c3)oc3c(-c5cccc6c5oc5cc(-n7c8ccccc8c8ccccc87)ccc56)cccc34)n2)cc1. The number of nitrogens with zero attached hydrogens (tertiary/aromatic N) is 4. The Hall–Kier alpha value is -7.83. The van der Waals surface area contributed by atoms with Crippen molar-refractivity contribution < 1.29 is 8.83 Å². The molecule has 0 saturated heterocycles. The summed E-state index contributed by atoms with van der Waals surface area (Å²) in [5, 5.41) is 6.64. The number of fused-ring (bicyclic) bond motifs is 9. The molecule has 0 amide bonds. The fourth-order valence-corrected chi connectivity index (χ4v) is 8.43. The minimum absolute atomic E-state index is 0.581. The fraction of sp³-hybridized carbons (Fsp3) is 0. The van der Waals surface area contributed by atoms with E-state index in [2.05, 4.69) is 120 Å². The van der Waals surface area contributed by atoms with Crippen LogP contribution in [-0.2, 0) is 0 Å². The maximum Gasteiger partial charge on any atom is 0.164 e. The molecule has 0 spiro atoms. The normalized spacial score (nSPS) is 11.9. The standard InChI is InChI=1S/C51H30N4O2/c1-3-13-31(14-4-1)49-52-50(32-15-5-2-6-16-32)54-51(53-49)33-25-27-37-39-19-11-21-41(47(39)56-45(37)29-33)42-22-12-20-40-38-28-26-34(30-46(38)57-48(40)42)55-43-23-9-7-17-35(43)36-18-8-10-24-44(36)55/h1-30H. The van der Waals surface area contributed by atoms with Crippen molar-refractivity contribution in [3.63, 3.8) is 0 Å². The van der Waals surface area contributed by atoms with Gasteiger partial charge in [-0.25, -0.2) is 15.0 Å². The molecule has 0 aliphatic carbocycles. The minimum atomic E-state index is 0.581. The van der Waals surface area contributed by atoms with Crippen molar-refractivity contribution in [1.82, 2.24) is 19.5 Å². The quantitative estimate of drug-likeness (QED) is 0.176. The molecule has 0 aliphatic heterocycles. The summed E-state index contributed by atoms with van der Waals surface area (Å²) in [5.41, 5.74) is 11.2. The van der Waals surface area contributed by atoms with Crippen LogP contribution in [0.5, 0.6) is 0 Å². The van der Waals surface area contributed by atoms with Crippen molar-refractivity contribution in [2.45, 2.75) is 0 Å². The van der Waals surface area contributed by atoms with Gasteiger partial charge >= 0.3 is 0 Å². The summed E-state index contributed by atoms with van der Waals surface area (Å²) < 4.78 is 15.9. The molecule has 0 fully saturated rings. The molecule has 0 bridgehead atoms. The summed E-state index contributed by atoms with van der Waals surface area (Å²) in [6, 6.07) is 62.6. The molecular formula is C51H30N4O2.